The Labute approximate surface area is 284 Å². The minimum Gasteiger partial charge on any atom is -0.387 e. The van der Waals surface area contributed by atoms with Gasteiger partial charge in [-0.1, -0.05) is 72.8 Å². The molecule has 49 heavy (non-hydrogen) atoms. The lowest BCUT2D eigenvalue weighted by Gasteiger charge is -2.40. The van der Waals surface area contributed by atoms with Gasteiger partial charge in [-0.2, -0.15) is 10.2 Å². The molecular weight excluding hydrogens is 632 g/mol. The first kappa shape index (κ1) is 35.8. The number of aromatic nitrogens is 2. The maximum absolute atomic E-state index is 13.1. The van der Waals surface area contributed by atoms with Gasteiger partial charge in [0.05, 0.1) is 25.7 Å². The van der Waals surface area contributed by atoms with Crippen molar-refractivity contribution in [3.8, 4) is 6.07 Å². The summed E-state index contributed by atoms with van der Waals surface area (Å²) in [6.45, 7) is 1.03. The van der Waals surface area contributed by atoms with Crippen LogP contribution in [0.2, 0.25) is 0 Å². The van der Waals surface area contributed by atoms with Gasteiger partial charge >= 0.3 is 5.69 Å². The maximum Gasteiger partial charge on any atom is 0.351 e. The summed E-state index contributed by atoms with van der Waals surface area (Å²) in [7, 11) is 3.17. The van der Waals surface area contributed by atoms with E-state index >= 15 is 0 Å². The number of hydrogen-bond acceptors (Lipinski definition) is 11. The Morgan fingerprint density at radius 3 is 2.35 bits per heavy atom. The summed E-state index contributed by atoms with van der Waals surface area (Å²) in [5.41, 5.74) is 0.575. The van der Waals surface area contributed by atoms with Crippen LogP contribution < -0.4 is 11.0 Å². The molecule has 1 aliphatic carbocycles. The lowest BCUT2D eigenvalue weighted by Crippen LogP contribution is -2.42. The fraction of sp³-hybridized carbons (Fsp3) is 0.389. The van der Waals surface area contributed by atoms with Crippen molar-refractivity contribution < 1.29 is 38.3 Å². The fourth-order valence-corrected chi connectivity index (χ4v) is 5.97. The number of carbonyl (C=O) groups excluding carboxylic acids is 1. The summed E-state index contributed by atoms with van der Waals surface area (Å²) in [5, 5.41) is 23.0. The number of nitrogens with one attached hydrogen (secondary N) is 1. The smallest absolute Gasteiger partial charge is 0.351 e. The average Bonchev–Trinajstić information content (AvgIpc) is 3.43. The van der Waals surface area contributed by atoms with Crippen LogP contribution in [0.4, 0.5) is 5.82 Å². The molecule has 0 bridgehead atoms. The van der Waals surface area contributed by atoms with Gasteiger partial charge in [-0.05, 0) is 28.8 Å². The second-order valence-corrected chi connectivity index (χ2v) is 11.4. The molecule has 5 rings (SSSR count). The Bertz CT molecular complexity index is 1680. The lowest BCUT2D eigenvalue weighted by molar-refractivity contribution is -0.168. The number of anilines is 1. The summed E-state index contributed by atoms with van der Waals surface area (Å²) in [6, 6.07) is 22.9. The number of benzene rings is 2. The highest BCUT2D eigenvalue weighted by molar-refractivity contribution is 5.87. The first-order chi connectivity index (χ1) is 23.8. The van der Waals surface area contributed by atoms with Gasteiger partial charge in [-0.25, -0.2) is 4.79 Å². The van der Waals surface area contributed by atoms with Crippen LogP contribution >= 0.6 is 0 Å². The number of carbonyl (C=O) groups is 1. The standard InChI is InChI=1S/C36H40N4O9/c1-25(41)38-30-17-21-40(34(43)39-30)33-32(47-24-46-22-10-20-37)31(42)29(49-33)23-48-36(26-11-6-4-7-12-26,27-13-8-5-9-14-27)28-15-18-35(44-2,45-3)19-16-28/h4-9,11-18,21,29,31-33,42H,10,19,22-24H2,1-3H3,(H,38,39,41,43)/t29-,31-,32-,33-/m1/s1. The van der Waals surface area contributed by atoms with Crippen molar-refractivity contribution >= 4 is 11.7 Å². The minimum absolute atomic E-state index is 0.0692. The van der Waals surface area contributed by atoms with Crippen molar-refractivity contribution in [3.63, 3.8) is 0 Å². The Kier molecular flexibility index (Phi) is 11.9. The number of hydrogen-bond donors (Lipinski definition) is 2. The van der Waals surface area contributed by atoms with Gasteiger partial charge in [0, 0.05) is 33.8 Å². The summed E-state index contributed by atoms with van der Waals surface area (Å²) in [5.74, 6) is -1.25. The molecule has 0 saturated carbocycles. The number of amides is 1. The molecule has 2 N–H and O–H groups in total. The minimum atomic E-state index is -1.28. The lowest BCUT2D eigenvalue weighted by atomic mass is 9.77. The van der Waals surface area contributed by atoms with Crippen LogP contribution in [0.5, 0.6) is 0 Å². The second kappa shape index (κ2) is 16.3. The molecule has 13 nitrogen and oxygen atoms in total. The summed E-state index contributed by atoms with van der Waals surface area (Å²) in [4.78, 5) is 28.6. The summed E-state index contributed by atoms with van der Waals surface area (Å²) in [6.07, 6.45) is 3.28. The SMILES string of the molecule is COC1(OC)C=CC(C(OC[C@H]2O[C@@H](n3ccc(NC(C)=O)nc3=O)[C@H](OCOCCC#N)[C@@H]2O)(c2ccccc2)c2ccccc2)=CC1. The second-order valence-electron chi connectivity index (χ2n) is 11.4. The fourth-order valence-electron chi connectivity index (χ4n) is 5.97. The number of nitrogens with zero attached hydrogens (tertiary/aromatic N) is 3. The quantitative estimate of drug-likeness (QED) is 0.179. The molecule has 0 spiro atoms. The number of nitriles is 1. The number of rotatable bonds is 15. The molecule has 2 aromatic carbocycles. The Hall–Kier alpha value is -4.52. The molecule has 2 aliphatic rings. The van der Waals surface area contributed by atoms with Gasteiger partial charge in [-0.3, -0.25) is 9.36 Å². The number of aliphatic hydroxyl groups is 1. The monoisotopic (exact) mass is 672 g/mol. The van der Waals surface area contributed by atoms with Crippen molar-refractivity contribution in [2.45, 2.75) is 55.7 Å². The third-order valence-electron chi connectivity index (χ3n) is 8.47. The van der Waals surface area contributed by atoms with E-state index in [1.807, 2.05) is 85.0 Å². The van der Waals surface area contributed by atoms with Crippen LogP contribution in [-0.2, 0) is 38.8 Å². The molecular formula is C36H40N4O9. The van der Waals surface area contributed by atoms with Crippen LogP contribution in [0.25, 0.3) is 0 Å². The highest BCUT2D eigenvalue weighted by Crippen LogP contribution is 2.45. The molecule has 258 valence electrons. The third kappa shape index (κ3) is 7.87. The number of ether oxygens (including phenoxy) is 6. The molecule has 1 amide bonds. The van der Waals surface area contributed by atoms with Gasteiger partial charge in [0.2, 0.25) is 5.91 Å². The van der Waals surface area contributed by atoms with Crippen LogP contribution in [0.1, 0.15) is 37.1 Å². The number of aliphatic hydroxyl groups excluding tert-OH is 1. The highest BCUT2D eigenvalue weighted by atomic mass is 16.7. The average molecular weight is 673 g/mol. The zero-order valence-corrected chi connectivity index (χ0v) is 27.6. The zero-order valence-electron chi connectivity index (χ0n) is 27.6. The van der Waals surface area contributed by atoms with E-state index in [-0.39, 0.29) is 38.2 Å². The van der Waals surface area contributed by atoms with Crippen LogP contribution in [-0.4, -0.2) is 78.9 Å². The first-order valence-electron chi connectivity index (χ1n) is 15.8. The topological polar surface area (TPSA) is 163 Å². The van der Waals surface area contributed by atoms with Gasteiger partial charge < -0.3 is 38.8 Å². The molecule has 1 aliphatic heterocycles. The van der Waals surface area contributed by atoms with Crippen molar-refractivity contribution in [3.05, 3.63) is 118 Å². The molecule has 1 aromatic heterocycles. The van der Waals surface area contributed by atoms with E-state index in [2.05, 4.69) is 10.3 Å². The molecule has 0 unspecified atom stereocenters. The largest absolute Gasteiger partial charge is 0.387 e. The summed E-state index contributed by atoms with van der Waals surface area (Å²) < 4.78 is 37.1. The maximum atomic E-state index is 13.1. The van der Waals surface area contributed by atoms with E-state index in [9.17, 15) is 14.7 Å². The van der Waals surface area contributed by atoms with E-state index < -0.39 is 41.6 Å². The molecule has 4 atom stereocenters. The van der Waals surface area contributed by atoms with Gasteiger partial charge in [0.15, 0.2) is 12.0 Å². The van der Waals surface area contributed by atoms with E-state index in [1.54, 1.807) is 14.2 Å². The Balaban J connectivity index is 1.50. The van der Waals surface area contributed by atoms with Crippen molar-refractivity contribution in [1.82, 2.24) is 9.55 Å². The predicted octanol–water partition coefficient (Wildman–Crippen LogP) is 3.57. The van der Waals surface area contributed by atoms with Crippen molar-refractivity contribution in [1.29, 1.82) is 5.26 Å². The van der Waals surface area contributed by atoms with E-state index in [0.717, 1.165) is 16.7 Å². The van der Waals surface area contributed by atoms with Crippen molar-refractivity contribution in [2.75, 3.05) is 39.5 Å². The highest BCUT2D eigenvalue weighted by Gasteiger charge is 2.49. The van der Waals surface area contributed by atoms with Crippen LogP contribution in [0.15, 0.2) is 102 Å². The molecule has 13 heteroatoms. The predicted molar refractivity (Wildman–Crippen MR) is 177 cm³/mol. The Morgan fingerprint density at radius 1 is 1.12 bits per heavy atom. The normalized spacial score (nSPS) is 21.6. The number of methoxy groups -OCH3 is 2. The van der Waals surface area contributed by atoms with Gasteiger partial charge in [0.1, 0.15) is 36.5 Å². The molecule has 0 radical (unpaired) electrons. The van der Waals surface area contributed by atoms with Crippen LogP contribution in [0.3, 0.4) is 0 Å². The molecule has 2 heterocycles. The van der Waals surface area contributed by atoms with Gasteiger partial charge in [0.25, 0.3) is 0 Å². The molecule has 1 saturated heterocycles. The zero-order chi connectivity index (χ0) is 34.9. The Morgan fingerprint density at radius 2 is 1.80 bits per heavy atom. The van der Waals surface area contributed by atoms with E-state index in [1.165, 1.54) is 23.8 Å². The van der Waals surface area contributed by atoms with E-state index in [0.29, 0.717) is 6.42 Å². The first-order valence-corrected chi connectivity index (χ1v) is 15.8. The third-order valence-corrected chi connectivity index (χ3v) is 8.47. The van der Waals surface area contributed by atoms with Crippen molar-refractivity contribution in [2.24, 2.45) is 0 Å². The molecule has 3 aromatic rings. The van der Waals surface area contributed by atoms with E-state index in [4.69, 9.17) is 33.7 Å². The summed E-state index contributed by atoms with van der Waals surface area (Å²) >= 11 is 0. The van der Waals surface area contributed by atoms with Gasteiger partial charge in [-0.15, -0.1) is 0 Å². The molecule has 1 fully saturated rings. The van der Waals surface area contributed by atoms with Crippen LogP contribution in [0, 0.1) is 11.3 Å².